The van der Waals surface area contributed by atoms with Gasteiger partial charge in [0, 0.05) is 25.9 Å². The third kappa shape index (κ3) is 3.73. The second-order valence-electron chi connectivity index (χ2n) is 3.68. The maximum Gasteiger partial charge on any atom is 0.153 e. The predicted molar refractivity (Wildman–Crippen MR) is 71.2 cm³/mol. The lowest BCUT2D eigenvalue weighted by Gasteiger charge is -2.25. The molecule has 0 fully saturated rings. The van der Waals surface area contributed by atoms with Crippen LogP contribution in [0.25, 0.3) is 0 Å². The lowest BCUT2D eigenvalue weighted by Crippen LogP contribution is -2.29. The molecule has 0 aromatic heterocycles. The van der Waals surface area contributed by atoms with Crippen LogP contribution in [-0.2, 0) is 4.74 Å². The van der Waals surface area contributed by atoms with Gasteiger partial charge < -0.3 is 9.64 Å². The molecule has 0 bridgehead atoms. The van der Waals surface area contributed by atoms with Gasteiger partial charge in [0.15, 0.2) is 6.29 Å². The number of aldehydes is 1. The Morgan fingerprint density at radius 1 is 1.50 bits per heavy atom. The van der Waals surface area contributed by atoms with E-state index < -0.39 is 0 Å². The first kappa shape index (κ1) is 14.5. The van der Waals surface area contributed by atoms with Gasteiger partial charge in [-0.05, 0) is 12.1 Å². The number of benzene rings is 1. The molecule has 0 saturated carbocycles. The van der Waals surface area contributed by atoms with E-state index in [1.165, 1.54) is 0 Å². The Morgan fingerprint density at radius 3 is 2.89 bits per heavy atom. The van der Waals surface area contributed by atoms with Crippen LogP contribution in [0.5, 0.6) is 0 Å². The summed E-state index contributed by atoms with van der Waals surface area (Å²) in [6.07, 6.45) is 1.12. The van der Waals surface area contributed by atoms with Gasteiger partial charge >= 0.3 is 0 Å². The molecule has 0 atom stereocenters. The Balaban J connectivity index is 2.99. The van der Waals surface area contributed by atoms with E-state index in [-0.39, 0.29) is 0 Å². The molecule has 1 aromatic rings. The van der Waals surface area contributed by atoms with Gasteiger partial charge in [0.2, 0.25) is 0 Å². The fourth-order valence-corrected chi connectivity index (χ4v) is 1.87. The molecule has 0 aliphatic heterocycles. The van der Waals surface area contributed by atoms with E-state index in [9.17, 15) is 4.79 Å². The Kier molecular flexibility index (Phi) is 6.20. The van der Waals surface area contributed by atoms with Gasteiger partial charge in [-0.3, -0.25) is 4.79 Å². The molecule has 0 heterocycles. The maximum absolute atomic E-state index is 11.1. The Labute approximate surface area is 112 Å². The van der Waals surface area contributed by atoms with Crippen LogP contribution >= 0.6 is 11.6 Å². The fraction of sp³-hybridized carbons (Fsp3) is 0.385. The molecule has 0 radical (unpaired) electrons. The smallest absolute Gasteiger partial charge is 0.153 e. The molecular formula is C13H15ClN2O2. The highest BCUT2D eigenvalue weighted by atomic mass is 35.5. The van der Waals surface area contributed by atoms with E-state index in [1.54, 1.807) is 19.2 Å². The van der Waals surface area contributed by atoms with Gasteiger partial charge in [0.05, 0.1) is 29.7 Å². The molecule has 5 heteroatoms. The molecule has 1 rings (SSSR count). The second kappa shape index (κ2) is 7.70. The summed E-state index contributed by atoms with van der Waals surface area (Å²) in [6.45, 7) is 1.68. The van der Waals surface area contributed by atoms with Crippen LogP contribution in [0.2, 0.25) is 5.02 Å². The summed E-state index contributed by atoms with van der Waals surface area (Å²) in [5, 5.41) is 9.08. The maximum atomic E-state index is 11.1. The number of hydrogen-bond acceptors (Lipinski definition) is 4. The van der Waals surface area contributed by atoms with Crippen molar-refractivity contribution in [3.63, 3.8) is 0 Å². The number of nitrogens with zero attached hydrogens (tertiary/aromatic N) is 2. The zero-order valence-electron chi connectivity index (χ0n) is 10.2. The van der Waals surface area contributed by atoms with Crippen LogP contribution in [0.15, 0.2) is 18.2 Å². The predicted octanol–water partition coefficient (Wildman–Crippen LogP) is 2.52. The van der Waals surface area contributed by atoms with Crippen molar-refractivity contribution in [2.75, 3.05) is 31.7 Å². The first-order chi connectivity index (χ1) is 8.74. The molecule has 18 heavy (non-hydrogen) atoms. The minimum atomic E-state index is 0.383. The number of methoxy groups -OCH3 is 1. The largest absolute Gasteiger partial charge is 0.383 e. The summed E-state index contributed by atoms with van der Waals surface area (Å²) in [5.41, 5.74) is 1.19. The van der Waals surface area contributed by atoms with Gasteiger partial charge in [0.1, 0.15) is 0 Å². The van der Waals surface area contributed by atoms with Crippen molar-refractivity contribution in [3.05, 3.63) is 28.8 Å². The van der Waals surface area contributed by atoms with Gasteiger partial charge in [-0.15, -0.1) is 0 Å². The Bertz CT molecular complexity index is 443. The fourth-order valence-electron chi connectivity index (χ4n) is 1.66. The first-order valence-corrected chi connectivity index (χ1v) is 5.97. The average molecular weight is 267 g/mol. The number of nitriles is 1. The van der Waals surface area contributed by atoms with Crippen molar-refractivity contribution in [2.24, 2.45) is 0 Å². The molecule has 0 aliphatic rings. The molecule has 0 spiro atoms. The van der Waals surface area contributed by atoms with Crippen molar-refractivity contribution in [3.8, 4) is 6.07 Å². The summed E-state index contributed by atoms with van der Waals surface area (Å²) in [7, 11) is 1.61. The summed E-state index contributed by atoms with van der Waals surface area (Å²) in [4.78, 5) is 13.0. The molecule has 0 amide bonds. The number of rotatable bonds is 7. The van der Waals surface area contributed by atoms with E-state index in [0.717, 1.165) is 12.0 Å². The van der Waals surface area contributed by atoms with Crippen LogP contribution in [0.4, 0.5) is 5.69 Å². The molecule has 1 aromatic carbocycles. The van der Waals surface area contributed by atoms with Crippen LogP contribution in [-0.4, -0.2) is 33.1 Å². The Morgan fingerprint density at radius 2 is 2.28 bits per heavy atom. The van der Waals surface area contributed by atoms with E-state index in [2.05, 4.69) is 6.07 Å². The standard InChI is InChI=1S/C13H15ClN2O2/c1-18-9-8-16(7-3-6-15)13-5-2-4-12(14)11(13)10-17/h2,4-5,10H,3,7-9H2,1H3. The quantitative estimate of drug-likeness (QED) is 0.712. The van der Waals surface area contributed by atoms with Crippen molar-refractivity contribution >= 4 is 23.6 Å². The SMILES string of the molecule is COCCN(CCC#N)c1cccc(Cl)c1C=O. The zero-order chi connectivity index (χ0) is 13.4. The number of halogens is 1. The molecule has 0 saturated heterocycles. The van der Waals surface area contributed by atoms with Crippen molar-refractivity contribution in [1.82, 2.24) is 0 Å². The lowest BCUT2D eigenvalue weighted by atomic mass is 10.1. The van der Waals surface area contributed by atoms with E-state index in [0.29, 0.717) is 36.7 Å². The van der Waals surface area contributed by atoms with Crippen molar-refractivity contribution < 1.29 is 9.53 Å². The van der Waals surface area contributed by atoms with Crippen LogP contribution in [0.1, 0.15) is 16.8 Å². The highest BCUT2D eigenvalue weighted by Crippen LogP contribution is 2.26. The second-order valence-corrected chi connectivity index (χ2v) is 4.09. The third-order valence-corrected chi connectivity index (χ3v) is 2.88. The van der Waals surface area contributed by atoms with E-state index >= 15 is 0 Å². The third-order valence-electron chi connectivity index (χ3n) is 2.55. The first-order valence-electron chi connectivity index (χ1n) is 5.59. The van der Waals surface area contributed by atoms with Gasteiger partial charge in [0.25, 0.3) is 0 Å². The molecule has 4 nitrogen and oxygen atoms in total. The highest BCUT2D eigenvalue weighted by molar-refractivity contribution is 6.33. The van der Waals surface area contributed by atoms with E-state index in [4.69, 9.17) is 21.6 Å². The van der Waals surface area contributed by atoms with Crippen LogP contribution < -0.4 is 4.90 Å². The van der Waals surface area contributed by atoms with Crippen LogP contribution in [0, 0.1) is 11.3 Å². The lowest BCUT2D eigenvalue weighted by molar-refractivity contribution is 0.112. The Hall–Kier alpha value is -1.57. The number of ether oxygens (including phenoxy) is 1. The van der Waals surface area contributed by atoms with Crippen LogP contribution in [0.3, 0.4) is 0 Å². The van der Waals surface area contributed by atoms with Crippen molar-refractivity contribution in [1.29, 1.82) is 5.26 Å². The van der Waals surface area contributed by atoms with Gasteiger partial charge in [-0.1, -0.05) is 17.7 Å². The minimum absolute atomic E-state index is 0.383. The molecule has 0 unspecified atom stereocenters. The highest BCUT2D eigenvalue weighted by Gasteiger charge is 2.13. The molecule has 0 N–H and O–H groups in total. The summed E-state index contributed by atoms with van der Waals surface area (Å²) < 4.78 is 5.03. The normalized spacial score (nSPS) is 9.83. The number of carbonyl (C=O) groups excluding carboxylic acids is 1. The minimum Gasteiger partial charge on any atom is -0.383 e. The summed E-state index contributed by atoms with van der Waals surface area (Å²) in [5.74, 6) is 0. The molecule has 0 aliphatic carbocycles. The van der Waals surface area contributed by atoms with Gasteiger partial charge in [-0.2, -0.15) is 5.26 Å². The van der Waals surface area contributed by atoms with Gasteiger partial charge in [-0.25, -0.2) is 0 Å². The number of hydrogen-bond donors (Lipinski definition) is 0. The molecular weight excluding hydrogens is 252 g/mol. The number of anilines is 1. The van der Waals surface area contributed by atoms with E-state index in [1.807, 2.05) is 11.0 Å². The monoisotopic (exact) mass is 266 g/mol. The molecule has 96 valence electrons. The number of carbonyl (C=O) groups is 1. The zero-order valence-corrected chi connectivity index (χ0v) is 11.0. The average Bonchev–Trinajstić information content (AvgIpc) is 2.39. The summed E-state index contributed by atoms with van der Waals surface area (Å²) >= 11 is 5.99. The topological polar surface area (TPSA) is 53.3 Å². The van der Waals surface area contributed by atoms with Crippen molar-refractivity contribution in [2.45, 2.75) is 6.42 Å². The summed E-state index contributed by atoms with van der Waals surface area (Å²) in [6, 6.07) is 7.38.